The molecule has 0 bridgehead atoms. The molecule has 0 radical (unpaired) electrons. The fraction of sp³-hybridized carbons (Fsp3) is 0.500. The second-order valence-corrected chi connectivity index (χ2v) is 7.15. The number of aromatic nitrogens is 3. The Kier molecular flexibility index (Phi) is 5.03. The van der Waals surface area contributed by atoms with Crippen molar-refractivity contribution in [2.75, 3.05) is 31.6 Å². The van der Waals surface area contributed by atoms with Crippen LogP contribution in [0.3, 0.4) is 0 Å². The number of anilines is 1. The van der Waals surface area contributed by atoms with Crippen molar-refractivity contribution in [2.45, 2.75) is 38.8 Å². The van der Waals surface area contributed by atoms with Gasteiger partial charge in [0.15, 0.2) is 5.82 Å². The van der Waals surface area contributed by atoms with E-state index in [9.17, 15) is 4.79 Å². The molecule has 0 N–H and O–H groups in total. The maximum atomic E-state index is 11.9. The van der Waals surface area contributed by atoms with Crippen molar-refractivity contribution in [3.8, 4) is 11.4 Å². The molecule has 27 heavy (non-hydrogen) atoms. The third-order valence-electron chi connectivity index (χ3n) is 5.48. The summed E-state index contributed by atoms with van der Waals surface area (Å²) in [4.78, 5) is 30.0. The van der Waals surface area contributed by atoms with Crippen LogP contribution in [0.2, 0.25) is 0 Å². The van der Waals surface area contributed by atoms with E-state index in [1.165, 1.54) is 5.56 Å². The summed E-state index contributed by atoms with van der Waals surface area (Å²) in [7, 11) is 1.78. The van der Waals surface area contributed by atoms with Crippen molar-refractivity contribution in [1.29, 1.82) is 0 Å². The molecule has 7 nitrogen and oxygen atoms in total. The summed E-state index contributed by atoms with van der Waals surface area (Å²) < 4.78 is 5.51. The van der Waals surface area contributed by atoms with E-state index in [2.05, 4.69) is 9.88 Å². The largest absolute Gasteiger partial charge is 0.381 e. The number of carbonyl (C=O) groups is 1. The van der Waals surface area contributed by atoms with E-state index in [1.54, 1.807) is 26.4 Å². The normalized spacial score (nSPS) is 17.7. The summed E-state index contributed by atoms with van der Waals surface area (Å²) in [6, 6.07) is 3.87. The van der Waals surface area contributed by atoms with E-state index in [0.29, 0.717) is 18.5 Å². The topological polar surface area (TPSA) is 71.5 Å². The van der Waals surface area contributed by atoms with Crippen LogP contribution in [0, 0.1) is 0 Å². The summed E-state index contributed by atoms with van der Waals surface area (Å²) in [5, 5.41) is 0. The zero-order valence-electron chi connectivity index (χ0n) is 15.9. The van der Waals surface area contributed by atoms with Crippen molar-refractivity contribution in [1.82, 2.24) is 19.9 Å². The summed E-state index contributed by atoms with van der Waals surface area (Å²) in [5.74, 6) is 1.78. The maximum Gasteiger partial charge on any atom is 0.219 e. The van der Waals surface area contributed by atoms with Crippen LogP contribution in [0.4, 0.5) is 5.82 Å². The molecule has 0 atom stereocenters. The van der Waals surface area contributed by atoms with Crippen LogP contribution in [0.15, 0.2) is 24.5 Å². The first-order valence-electron chi connectivity index (χ1n) is 9.49. The molecule has 142 valence electrons. The highest BCUT2D eigenvalue weighted by atomic mass is 16.5. The number of ether oxygens (including phenoxy) is 1. The van der Waals surface area contributed by atoms with Crippen molar-refractivity contribution in [3.63, 3.8) is 0 Å². The van der Waals surface area contributed by atoms with Crippen LogP contribution >= 0.6 is 0 Å². The summed E-state index contributed by atoms with van der Waals surface area (Å²) >= 11 is 0. The Morgan fingerprint density at radius 1 is 1.22 bits per heavy atom. The van der Waals surface area contributed by atoms with Gasteiger partial charge in [-0.2, -0.15) is 0 Å². The summed E-state index contributed by atoms with van der Waals surface area (Å²) in [6.45, 7) is 4.72. The minimum Gasteiger partial charge on any atom is -0.381 e. The number of nitrogens with zero attached hydrogens (tertiary/aromatic N) is 5. The first kappa shape index (κ1) is 17.9. The lowest BCUT2D eigenvalue weighted by molar-refractivity contribution is -0.129. The molecule has 0 unspecified atom stereocenters. The van der Waals surface area contributed by atoms with Gasteiger partial charge in [0.05, 0.1) is 18.3 Å². The first-order valence-corrected chi connectivity index (χ1v) is 9.49. The Morgan fingerprint density at radius 2 is 2.04 bits per heavy atom. The van der Waals surface area contributed by atoms with Crippen LogP contribution in [-0.2, 0) is 22.5 Å². The Balaban J connectivity index is 1.73. The van der Waals surface area contributed by atoms with Crippen LogP contribution < -0.4 is 4.90 Å². The number of fused-ring (bicyclic) bond motifs is 1. The second kappa shape index (κ2) is 7.60. The summed E-state index contributed by atoms with van der Waals surface area (Å²) in [5.41, 5.74) is 3.03. The number of carbonyl (C=O) groups excluding carboxylic acids is 1. The van der Waals surface area contributed by atoms with Gasteiger partial charge < -0.3 is 14.5 Å². The molecule has 1 saturated heterocycles. The highest BCUT2D eigenvalue weighted by Crippen LogP contribution is 2.31. The van der Waals surface area contributed by atoms with E-state index >= 15 is 0 Å². The third kappa shape index (κ3) is 3.64. The molecule has 7 heteroatoms. The number of pyridine rings is 1. The quantitative estimate of drug-likeness (QED) is 0.827. The predicted octanol–water partition coefficient (Wildman–Crippen LogP) is 2.06. The van der Waals surface area contributed by atoms with E-state index in [0.717, 1.165) is 56.0 Å². The van der Waals surface area contributed by atoms with E-state index in [-0.39, 0.29) is 5.91 Å². The van der Waals surface area contributed by atoms with Crippen LogP contribution in [-0.4, -0.2) is 58.6 Å². The number of rotatable bonds is 3. The molecular formula is C20H25N5O2. The highest BCUT2D eigenvalue weighted by Gasteiger charge is 2.28. The first-order chi connectivity index (χ1) is 13.2. The molecule has 0 spiro atoms. The fourth-order valence-electron chi connectivity index (χ4n) is 3.87. The number of amides is 1. The van der Waals surface area contributed by atoms with E-state index in [4.69, 9.17) is 14.7 Å². The zero-order chi connectivity index (χ0) is 18.8. The Hall–Kier alpha value is -2.54. The van der Waals surface area contributed by atoms with Crippen LogP contribution in [0.5, 0.6) is 0 Å². The van der Waals surface area contributed by atoms with Crippen molar-refractivity contribution >= 4 is 11.7 Å². The minimum atomic E-state index is 0.0876. The highest BCUT2D eigenvalue weighted by molar-refractivity contribution is 5.74. The standard InChI is InChI=1S/C20H25N5O2/c1-14(26)25-11-7-17-18(13-25)22-19(15-4-3-8-21-12-15)23-20(17)24-9-5-16(27-2)6-10-24/h3-4,8,12,16H,5-7,9-11,13H2,1-2H3. The Morgan fingerprint density at radius 3 is 2.70 bits per heavy atom. The SMILES string of the molecule is COC1CCN(c2nc(-c3cccnc3)nc3c2CCN(C(C)=O)C3)CC1. The van der Waals surface area contributed by atoms with Gasteiger partial charge in [0.2, 0.25) is 5.91 Å². The van der Waals surface area contributed by atoms with Gasteiger partial charge in [-0.3, -0.25) is 9.78 Å². The second-order valence-electron chi connectivity index (χ2n) is 7.15. The Bertz CT molecular complexity index is 819. The number of hydrogen-bond acceptors (Lipinski definition) is 6. The molecule has 4 heterocycles. The third-order valence-corrected chi connectivity index (χ3v) is 5.48. The molecule has 2 aliphatic heterocycles. The molecule has 4 rings (SSSR count). The maximum absolute atomic E-state index is 11.9. The van der Waals surface area contributed by atoms with Gasteiger partial charge in [-0.15, -0.1) is 0 Å². The van der Waals surface area contributed by atoms with E-state index in [1.807, 2.05) is 17.0 Å². The fourth-order valence-corrected chi connectivity index (χ4v) is 3.87. The average molecular weight is 367 g/mol. The van der Waals surface area contributed by atoms with Crippen molar-refractivity contribution < 1.29 is 9.53 Å². The lowest BCUT2D eigenvalue weighted by Gasteiger charge is -2.36. The van der Waals surface area contributed by atoms with Gasteiger partial charge in [0, 0.05) is 57.2 Å². The average Bonchev–Trinajstić information content (AvgIpc) is 2.73. The monoisotopic (exact) mass is 367 g/mol. The smallest absolute Gasteiger partial charge is 0.219 e. The molecule has 2 aromatic heterocycles. The predicted molar refractivity (Wildman–Crippen MR) is 102 cm³/mol. The molecule has 0 saturated carbocycles. The lowest BCUT2D eigenvalue weighted by Crippen LogP contribution is -2.40. The minimum absolute atomic E-state index is 0.0876. The molecular weight excluding hydrogens is 342 g/mol. The number of hydrogen-bond donors (Lipinski definition) is 0. The molecule has 2 aliphatic rings. The van der Waals surface area contributed by atoms with Gasteiger partial charge in [0.25, 0.3) is 0 Å². The molecule has 1 fully saturated rings. The van der Waals surface area contributed by atoms with Gasteiger partial charge in [-0.1, -0.05) is 0 Å². The van der Waals surface area contributed by atoms with Crippen molar-refractivity contribution in [3.05, 3.63) is 35.8 Å². The zero-order valence-corrected chi connectivity index (χ0v) is 15.9. The van der Waals surface area contributed by atoms with Crippen LogP contribution in [0.25, 0.3) is 11.4 Å². The van der Waals surface area contributed by atoms with Gasteiger partial charge in [-0.25, -0.2) is 9.97 Å². The molecule has 2 aromatic rings. The Labute approximate surface area is 159 Å². The van der Waals surface area contributed by atoms with Crippen LogP contribution in [0.1, 0.15) is 31.0 Å². The lowest BCUT2D eigenvalue weighted by atomic mass is 10.0. The van der Waals surface area contributed by atoms with Gasteiger partial charge >= 0.3 is 0 Å². The van der Waals surface area contributed by atoms with Gasteiger partial charge in [-0.05, 0) is 31.4 Å². The number of methoxy groups -OCH3 is 1. The molecule has 0 aliphatic carbocycles. The van der Waals surface area contributed by atoms with Crippen molar-refractivity contribution in [2.24, 2.45) is 0 Å². The molecule has 1 amide bonds. The number of piperidine rings is 1. The van der Waals surface area contributed by atoms with Gasteiger partial charge in [0.1, 0.15) is 5.82 Å². The molecule has 0 aromatic carbocycles. The van der Waals surface area contributed by atoms with E-state index < -0.39 is 0 Å². The summed E-state index contributed by atoms with van der Waals surface area (Å²) in [6.07, 6.45) is 6.64.